The molecule has 6 heteroatoms. The standard InChI is InChI=1S/C12H12FN3O2/c13-9-3-1-8(2-4-9)7-10(18-12(14)17)11-15-5-6-16-11/h1-6,10H,7H2,(H2,14,17)(H,15,16). The lowest BCUT2D eigenvalue weighted by atomic mass is 10.1. The Morgan fingerprint density at radius 3 is 2.72 bits per heavy atom. The highest BCUT2D eigenvalue weighted by molar-refractivity contribution is 5.64. The van der Waals surface area contributed by atoms with Crippen LogP contribution in [0.1, 0.15) is 17.5 Å². The molecule has 94 valence electrons. The number of nitrogens with zero attached hydrogens (tertiary/aromatic N) is 1. The Hall–Kier alpha value is -2.37. The van der Waals surface area contributed by atoms with Gasteiger partial charge in [0.25, 0.3) is 0 Å². The van der Waals surface area contributed by atoms with E-state index in [0.29, 0.717) is 12.2 Å². The maximum absolute atomic E-state index is 12.8. The number of rotatable bonds is 4. The molecule has 1 unspecified atom stereocenters. The molecule has 5 nitrogen and oxygen atoms in total. The van der Waals surface area contributed by atoms with Crippen molar-refractivity contribution in [3.63, 3.8) is 0 Å². The van der Waals surface area contributed by atoms with Gasteiger partial charge in [0.15, 0.2) is 6.10 Å². The quantitative estimate of drug-likeness (QED) is 0.868. The maximum atomic E-state index is 12.8. The van der Waals surface area contributed by atoms with Gasteiger partial charge in [0.2, 0.25) is 0 Å². The molecule has 0 aliphatic heterocycles. The Labute approximate surface area is 103 Å². The predicted octanol–water partition coefficient (Wildman–Crippen LogP) is 1.93. The predicted molar refractivity (Wildman–Crippen MR) is 62.1 cm³/mol. The number of amides is 1. The van der Waals surface area contributed by atoms with Crippen molar-refractivity contribution in [2.24, 2.45) is 5.73 Å². The minimum atomic E-state index is -0.876. The van der Waals surface area contributed by atoms with Crippen molar-refractivity contribution < 1.29 is 13.9 Å². The van der Waals surface area contributed by atoms with Gasteiger partial charge >= 0.3 is 6.09 Å². The number of aromatic nitrogens is 2. The molecule has 0 fully saturated rings. The number of primary amides is 1. The lowest BCUT2D eigenvalue weighted by Crippen LogP contribution is -2.19. The highest BCUT2D eigenvalue weighted by atomic mass is 19.1. The first-order chi connectivity index (χ1) is 8.65. The van der Waals surface area contributed by atoms with Crippen LogP contribution in [-0.4, -0.2) is 16.1 Å². The normalized spacial score (nSPS) is 12.1. The van der Waals surface area contributed by atoms with Crippen LogP contribution in [0.5, 0.6) is 0 Å². The number of halogens is 1. The van der Waals surface area contributed by atoms with Gasteiger partial charge in [-0.3, -0.25) is 0 Å². The minimum absolute atomic E-state index is 0.316. The molecule has 3 N–H and O–H groups in total. The molecule has 1 amide bonds. The molecule has 1 aromatic carbocycles. The number of aromatic amines is 1. The SMILES string of the molecule is NC(=O)OC(Cc1ccc(F)cc1)c1ncc[nH]1. The second-order valence-electron chi connectivity index (χ2n) is 3.73. The van der Waals surface area contributed by atoms with E-state index in [2.05, 4.69) is 9.97 Å². The van der Waals surface area contributed by atoms with E-state index in [1.165, 1.54) is 12.1 Å². The third-order valence-electron chi connectivity index (χ3n) is 2.42. The number of benzene rings is 1. The van der Waals surface area contributed by atoms with E-state index in [1.54, 1.807) is 24.5 Å². The zero-order valence-electron chi connectivity index (χ0n) is 9.47. The molecule has 2 rings (SSSR count). The molecule has 0 saturated carbocycles. The molecule has 0 aliphatic rings. The fourth-order valence-corrected chi connectivity index (χ4v) is 1.62. The number of nitrogens with two attached hydrogens (primary N) is 1. The van der Waals surface area contributed by atoms with Gasteiger partial charge in [-0.15, -0.1) is 0 Å². The number of ether oxygens (including phenoxy) is 1. The van der Waals surface area contributed by atoms with E-state index >= 15 is 0 Å². The fraction of sp³-hybridized carbons (Fsp3) is 0.167. The van der Waals surface area contributed by atoms with Gasteiger partial charge in [0.05, 0.1) is 0 Å². The van der Waals surface area contributed by atoms with Crippen molar-refractivity contribution in [3.8, 4) is 0 Å². The summed E-state index contributed by atoms with van der Waals surface area (Å²) in [5.74, 6) is 0.183. The molecule has 0 radical (unpaired) electrons. The maximum Gasteiger partial charge on any atom is 0.405 e. The Morgan fingerprint density at radius 2 is 2.17 bits per heavy atom. The largest absolute Gasteiger partial charge is 0.438 e. The number of hydrogen-bond donors (Lipinski definition) is 2. The third-order valence-corrected chi connectivity index (χ3v) is 2.42. The first-order valence-corrected chi connectivity index (χ1v) is 5.35. The van der Waals surface area contributed by atoms with E-state index < -0.39 is 12.2 Å². The number of H-pyrrole nitrogens is 1. The van der Waals surface area contributed by atoms with Crippen molar-refractivity contribution in [1.29, 1.82) is 0 Å². The molecule has 0 bridgehead atoms. The van der Waals surface area contributed by atoms with Crippen molar-refractivity contribution in [3.05, 3.63) is 53.9 Å². The third kappa shape index (κ3) is 3.07. The molecule has 0 aliphatic carbocycles. The van der Waals surface area contributed by atoms with Crippen molar-refractivity contribution in [2.45, 2.75) is 12.5 Å². The summed E-state index contributed by atoms with van der Waals surface area (Å²) in [4.78, 5) is 17.7. The summed E-state index contributed by atoms with van der Waals surface area (Å²) in [5, 5.41) is 0. The number of imidazole rings is 1. The molecule has 0 saturated heterocycles. The number of carbonyl (C=O) groups is 1. The topological polar surface area (TPSA) is 81.0 Å². The van der Waals surface area contributed by atoms with Crippen LogP contribution < -0.4 is 5.73 Å². The Bertz CT molecular complexity index is 511. The monoisotopic (exact) mass is 249 g/mol. The number of hydrogen-bond acceptors (Lipinski definition) is 3. The zero-order chi connectivity index (χ0) is 13.0. The van der Waals surface area contributed by atoms with E-state index in [4.69, 9.17) is 10.5 Å². The fourth-order valence-electron chi connectivity index (χ4n) is 1.62. The molecule has 1 heterocycles. The average molecular weight is 249 g/mol. The second-order valence-corrected chi connectivity index (χ2v) is 3.73. The van der Waals surface area contributed by atoms with Gasteiger partial charge in [-0.05, 0) is 17.7 Å². The van der Waals surface area contributed by atoms with Gasteiger partial charge in [-0.2, -0.15) is 0 Å². The summed E-state index contributed by atoms with van der Waals surface area (Å²) in [6, 6.07) is 5.93. The Kier molecular flexibility index (Phi) is 3.57. The van der Waals surface area contributed by atoms with Crippen LogP contribution >= 0.6 is 0 Å². The number of carbonyl (C=O) groups excluding carboxylic acids is 1. The van der Waals surface area contributed by atoms with Crippen LogP contribution in [0.2, 0.25) is 0 Å². The number of nitrogens with one attached hydrogen (secondary N) is 1. The van der Waals surface area contributed by atoms with Gasteiger partial charge < -0.3 is 15.5 Å². The van der Waals surface area contributed by atoms with Crippen LogP contribution in [0, 0.1) is 5.82 Å². The molecule has 1 aromatic heterocycles. The Morgan fingerprint density at radius 1 is 1.44 bits per heavy atom. The van der Waals surface area contributed by atoms with Crippen LogP contribution in [0.25, 0.3) is 0 Å². The molecular formula is C12H12FN3O2. The zero-order valence-corrected chi connectivity index (χ0v) is 9.47. The Balaban J connectivity index is 2.15. The molecule has 2 aromatic rings. The van der Waals surface area contributed by atoms with E-state index in [9.17, 15) is 9.18 Å². The lowest BCUT2D eigenvalue weighted by molar-refractivity contribution is 0.102. The van der Waals surface area contributed by atoms with Crippen LogP contribution in [0.15, 0.2) is 36.7 Å². The van der Waals surface area contributed by atoms with Crippen molar-refractivity contribution in [1.82, 2.24) is 9.97 Å². The first-order valence-electron chi connectivity index (χ1n) is 5.35. The smallest absolute Gasteiger partial charge is 0.405 e. The lowest BCUT2D eigenvalue weighted by Gasteiger charge is -2.14. The van der Waals surface area contributed by atoms with Crippen LogP contribution in [-0.2, 0) is 11.2 Å². The highest BCUT2D eigenvalue weighted by Gasteiger charge is 2.18. The van der Waals surface area contributed by atoms with E-state index in [0.717, 1.165) is 5.56 Å². The highest BCUT2D eigenvalue weighted by Crippen LogP contribution is 2.19. The van der Waals surface area contributed by atoms with Gasteiger partial charge in [0, 0.05) is 18.8 Å². The van der Waals surface area contributed by atoms with Gasteiger partial charge in [0.1, 0.15) is 11.6 Å². The molecule has 18 heavy (non-hydrogen) atoms. The van der Waals surface area contributed by atoms with Crippen molar-refractivity contribution in [2.75, 3.05) is 0 Å². The molecular weight excluding hydrogens is 237 g/mol. The van der Waals surface area contributed by atoms with Crippen molar-refractivity contribution >= 4 is 6.09 Å². The van der Waals surface area contributed by atoms with E-state index in [1.807, 2.05) is 0 Å². The molecule has 1 atom stereocenters. The van der Waals surface area contributed by atoms with Gasteiger partial charge in [-0.25, -0.2) is 14.2 Å². The summed E-state index contributed by atoms with van der Waals surface area (Å²) in [6.07, 6.45) is 2.06. The van der Waals surface area contributed by atoms with E-state index in [-0.39, 0.29) is 5.82 Å². The average Bonchev–Trinajstić information content (AvgIpc) is 2.84. The molecule has 0 spiro atoms. The summed E-state index contributed by atoms with van der Waals surface area (Å²) in [5.41, 5.74) is 5.83. The second kappa shape index (κ2) is 5.31. The summed E-state index contributed by atoms with van der Waals surface area (Å²) in [6.45, 7) is 0. The summed E-state index contributed by atoms with van der Waals surface area (Å²) < 4.78 is 17.8. The van der Waals surface area contributed by atoms with Crippen LogP contribution in [0.4, 0.5) is 9.18 Å². The van der Waals surface area contributed by atoms with Gasteiger partial charge in [-0.1, -0.05) is 12.1 Å². The summed E-state index contributed by atoms with van der Waals surface area (Å²) in [7, 11) is 0. The van der Waals surface area contributed by atoms with Crippen LogP contribution in [0.3, 0.4) is 0 Å². The summed E-state index contributed by atoms with van der Waals surface area (Å²) >= 11 is 0. The minimum Gasteiger partial charge on any atom is -0.438 e. The first kappa shape index (κ1) is 12.1.